The van der Waals surface area contributed by atoms with Gasteiger partial charge in [0.2, 0.25) is 0 Å². The summed E-state index contributed by atoms with van der Waals surface area (Å²) in [6.45, 7) is -1.45. The van der Waals surface area contributed by atoms with Crippen molar-refractivity contribution >= 4 is 17.3 Å². The van der Waals surface area contributed by atoms with Gasteiger partial charge >= 0.3 is 6.55 Å². The molecule has 5 rings (SSSR count). The van der Waals surface area contributed by atoms with E-state index in [2.05, 4.69) is 30.3 Å². The zero-order valence-corrected chi connectivity index (χ0v) is 20.3. The predicted molar refractivity (Wildman–Crippen MR) is 133 cm³/mol. The first kappa shape index (κ1) is 25.4. The van der Waals surface area contributed by atoms with Crippen LogP contribution in [-0.4, -0.2) is 51.0 Å². The van der Waals surface area contributed by atoms with Crippen molar-refractivity contribution in [2.45, 2.75) is 25.4 Å². The van der Waals surface area contributed by atoms with E-state index in [0.717, 1.165) is 37.2 Å². The summed E-state index contributed by atoms with van der Waals surface area (Å²) in [7, 11) is 1.30. The number of hydrogen-bond acceptors (Lipinski definition) is 8. The first-order valence-corrected chi connectivity index (χ1v) is 11.8. The van der Waals surface area contributed by atoms with Gasteiger partial charge < -0.3 is 20.7 Å². The summed E-state index contributed by atoms with van der Waals surface area (Å²) >= 11 is 0. The number of ether oxygens (including phenoxy) is 1. The lowest BCUT2D eigenvalue weighted by Crippen LogP contribution is -2.43. The number of nitrogens with one attached hydrogen (secondary N) is 1. The van der Waals surface area contributed by atoms with Crippen molar-refractivity contribution in [3.8, 4) is 28.3 Å². The maximum atomic E-state index is 14.6. The number of alkyl halides is 2. The average molecular weight is 529 g/mol. The van der Waals surface area contributed by atoms with Crippen LogP contribution < -0.4 is 20.7 Å². The molecule has 0 bridgehead atoms. The maximum Gasteiger partial charge on any atom is 0.333 e. The SMILES string of the molecule is COc1cc(F)cc(F)c1-c1nccc(Nc2cc(N3CCC[C@H](N)C3)c(-c3cnn(C(F)F)c3)cn2)n1. The number of nitrogens with two attached hydrogens (primary N) is 1. The third kappa shape index (κ3) is 5.23. The van der Waals surface area contributed by atoms with Gasteiger partial charge in [-0.2, -0.15) is 13.9 Å². The summed E-state index contributed by atoms with van der Waals surface area (Å²) in [4.78, 5) is 15.0. The van der Waals surface area contributed by atoms with Crippen LogP contribution in [-0.2, 0) is 0 Å². The first-order valence-electron chi connectivity index (χ1n) is 11.8. The second-order valence-corrected chi connectivity index (χ2v) is 8.78. The van der Waals surface area contributed by atoms with Crippen molar-refractivity contribution in [2.75, 3.05) is 30.4 Å². The van der Waals surface area contributed by atoms with Crippen molar-refractivity contribution in [1.29, 1.82) is 0 Å². The smallest absolute Gasteiger partial charge is 0.333 e. The number of halogens is 4. The lowest BCUT2D eigenvalue weighted by Gasteiger charge is -2.34. The Kier molecular flexibility index (Phi) is 7.09. The van der Waals surface area contributed by atoms with Crippen molar-refractivity contribution < 1.29 is 22.3 Å². The molecule has 0 radical (unpaired) electrons. The third-order valence-electron chi connectivity index (χ3n) is 6.17. The standard InChI is InChI=1S/C25H24F4N8O/c1-38-20-8-15(26)7-18(27)23(20)24-31-5-4-21(35-24)34-22-9-19(36-6-2-3-16(30)13-36)17(11-32-22)14-10-33-37(12-14)25(28)29/h4-5,7-12,16,25H,2-3,6,13,30H2,1H3,(H,31,32,34,35)/t16-/m0/s1. The summed E-state index contributed by atoms with van der Waals surface area (Å²) in [6, 6.07) is 5.08. The van der Waals surface area contributed by atoms with Gasteiger partial charge in [-0.25, -0.2) is 28.4 Å². The van der Waals surface area contributed by atoms with Crippen LogP contribution in [0.3, 0.4) is 0 Å². The number of hydrogen-bond donors (Lipinski definition) is 2. The highest BCUT2D eigenvalue weighted by Gasteiger charge is 2.23. The molecule has 1 aliphatic rings. The van der Waals surface area contributed by atoms with Crippen LogP contribution in [0.5, 0.6) is 5.75 Å². The van der Waals surface area contributed by atoms with E-state index in [0.29, 0.717) is 34.0 Å². The molecular weight excluding hydrogens is 504 g/mol. The predicted octanol–water partition coefficient (Wildman–Crippen LogP) is 4.76. The van der Waals surface area contributed by atoms with Crippen LogP contribution in [0, 0.1) is 11.6 Å². The zero-order valence-electron chi connectivity index (χ0n) is 20.3. The molecule has 9 nitrogen and oxygen atoms in total. The van der Waals surface area contributed by atoms with E-state index in [1.54, 1.807) is 18.3 Å². The molecule has 3 aromatic heterocycles. The van der Waals surface area contributed by atoms with E-state index in [1.807, 2.05) is 0 Å². The molecule has 1 aliphatic heterocycles. The Morgan fingerprint density at radius 3 is 2.71 bits per heavy atom. The highest BCUT2D eigenvalue weighted by Crippen LogP contribution is 2.35. The summed E-state index contributed by atoms with van der Waals surface area (Å²) < 4.78 is 60.2. The molecule has 0 unspecified atom stereocenters. The summed E-state index contributed by atoms with van der Waals surface area (Å²) in [6.07, 6.45) is 7.38. The molecule has 38 heavy (non-hydrogen) atoms. The number of piperidine rings is 1. The van der Waals surface area contributed by atoms with E-state index in [-0.39, 0.29) is 23.2 Å². The van der Waals surface area contributed by atoms with Crippen LogP contribution in [0.15, 0.2) is 49.1 Å². The van der Waals surface area contributed by atoms with E-state index in [9.17, 15) is 17.6 Å². The summed E-state index contributed by atoms with van der Waals surface area (Å²) in [5.41, 5.74) is 7.97. The van der Waals surface area contributed by atoms with E-state index < -0.39 is 18.2 Å². The molecule has 0 amide bonds. The second kappa shape index (κ2) is 10.6. The molecule has 3 N–H and O–H groups in total. The highest BCUT2D eigenvalue weighted by molar-refractivity contribution is 5.80. The largest absolute Gasteiger partial charge is 0.496 e. The maximum absolute atomic E-state index is 14.6. The van der Waals surface area contributed by atoms with Crippen molar-refractivity contribution in [2.24, 2.45) is 5.73 Å². The first-order chi connectivity index (χ1) is 18.3. The Balaban J connectivity index is 1.50. The van der Waals surface area contributed by atoms with E-state index in [1.165, 1.54) is 25.7 Å². The van der Waals surface area contributed by atoms with Crippen LogP contribution >= 0.6 is 0 Å². The molecule has 4 heterocycles. The fraction of sp³-hybridized carbons (Fsp3) is 0.280. The number of rotatable bonds is 7. The fourth-order valence-electron chi connectivity index (χ4n) is 4.42. The Bertz CT molecular complexity index is 1450. The van der Waals surface area contributed by atoms with Gasteiger partial charge in [-0.05, 0) is 18.9 Å². The van der Waals surface area contributed by atoms with Crippen LogP contribution in [0.25, 0.3) is 22.5 Å². The van der Waals surface area contributed by atoms with Gasteiger partial charge in [-0.15, -0.1) is 0 Å². The van der Waals surface area contributed by atoms with Crippen LogP contribution in [0.1, 0.15) is 19.4 Å². The molecule has 1 aromatic carbocycles. The zero-order chi connectivity index (χ0) is 26.8. The Morgan fingerprint density at radius 2 is 1.97 bits per heavy atom. The number of pyridine rings is 1. The van der Waals surface area contributed by atoms with Crippen molar-refractivity contribution in [3.63, 3.8) is 0 Å². The number of nitrogens with zero attached hydrogens (tertiary/aromatic N) is 6. The quantitative estimate of drug-likeness (QED) is 0.331. The molecule has 1 atom stereocenters. The van der Waals surface area contributed by atoms with Gasteiger partial charge in [0.1, 0.15) is 29.0 Å². The Hall–Kier alpha value is -4.26. The summed E-state index contributed by atoms with van der Waals surface area (Å²) in [5.74, 6) is -1.01. The molecule has 1 saturated heterocycles. The highest BCUT2D eigenvalue weighted by atomic mass is 19.3. The second-order valence-electron chi connectivity index (χ2n) is 8.78. The van der Waals surface area contributed by atoms with E-state index >= 15 is 0 Å². The third-order valence-corrected chi connectivity index (χ3v) is 6.17. The lowest BCUT2D eigenvalue weighted by atomic mass is 10.0. The molecule has 0 spiro atoms. The number of benzene rings is 1. The molecule has 1 fully saturated rings. The van der Waals surface area contributed by atoms with Crippen molar-refractivity contribution in [3.05, 3.63) is 60.7 Å². The van der Waals surface area contributed by atoms with Crippen LogP contribution in [0.4, 0.5) is 34.9 Å². The van der Waals surface area contributed by atoms with Gasteiger partial charge in [0, 0.05) is 72.7 Å². The van der Waals surface area contributed by atoms with Crippen molar-refractivity contribution in [1.82, 2.24) is 24.7 Å². The molecular formula is C25H24F4N8O. The normalized spacial score (nSPS) is 15.7. The van der Waals surface area contributed by atoms with Gasteiger partial charge in [-0.3, -0.25) is 0 Å². The van der Waals surface area contributed by atoms with Gasteiger partial charge in [0.15, 0.2) is 5.82 Å². The lowest BCUT2D eigenvalue weighted by molar-refractivity contribution is 0.0566. The Labute approximate surface area is 215 Å². The topological polar surface area (TPSA) is 107 Å². The summed E-state index contributed by atoms with van der Waals surface area (Å²) in [5, 5.41) is 6.82. The average Bonchev–Trinajstić information content (AvgIpc) is 3.39. The monoisotopic (exact) mass is 528 g/mol. The minimum Gasteiger partial charge on any atom is -0.496 e. The fourth-order valence-corrected chi connectivity index (χ4v) is 4.42. The van der Waals surface area contributed by atoms with Gasteiger partial charge in [0.25, 0.3) is 0 Å². The minimum absolute atomic E-state index is 0.0115. The van der Waals surface area contributed by atoms with E-state index in [4.69, 9.17) is 10.5 Å². The molecule has 198 valence electrons. The number of anilines is 3. The minimum atomic E-state index is -2.76. The molecule has 13 heteroatoms. The molecule has 4 aromatic rings. The number of methoxy groups -OCH3 is 1. The Morgan fingerprint density at radius 1 is 1.13 bits per heavy atom. The number of aromatic nitrogens is 5. The molecule has 0 aliphatic carbocycles. The van der Waals surface area contributed by atoms with Gasteiger partial charge in [-0.1, -0.05) is 0 Å². The molecule has 0 saturated carbocycles. The van der Waals surface area contributed by atoms with Gasteiger partial charge in [0.05, 0.1) is 18.9 Å². The van der Waals surface area contributed by atoms with Crippen LogP contribution in [0.2, 0.25) is 0 Å².